The molecule has 1 unspecified atom stereocenters. The number of thiophene rings is 1. The summed E-state index contributed by atoms with van der Waals surface area (Å²) in [5.74, 6) is 0.130. The first-order chi connectivity index (χ1) is 9.77. The number of rotatable bonds is 4. The van der Waals surface area contributed by atoms with Gasteiger partial charge in [-0.1, -0.05) is 32.9 Å². The molecule has 2 rings (SSSR count). The van der Waals surface area contributed by atoms with Gasteiger partial charge in [0, 0.05) is 9.75 Å². The zero-order chi connectivity index (χ0) is 15.6. The average molecular weight is 311 g/mol. The maximum absolute atomic E-state index is 12.3. The number of ether oxygens (including phenoxy) is 1. The highest BCUT2D eigenvalue weighted by atomic mass is 32.1. The first-order valence-electron chi connectivity index (χ1n) is 6.68. The SMILES string of the molecule is CC(C)(C)c1ccc(C(N)c2cccc(OC(F)F)c2)s1. The smallest absolute Gasteiger partial charge is 0.387 e. The zero-order valence-corrected chi connectivity index (χ0v) is 13.1. The molecule has 1 aromatic carbocycles. The van der Waals surface area contributed by atoms with E-state index in [4.69, 9.17) is 5.73 Å². The van der Waals surface area contributed by atoms with Crippen molar-refractivity contribution in [1.82, 2.24) is 0 Å². The molecule has 0 saturated heterocycles. The van der Waals surface area contributed by atoms with Crippen LogP contribution in [0.25, 0.3) is 0 Å². The van der Waals surface area contributed by atoms with Crippen molar-refractivity contribution in [2.75, 3.05) is 0 Å². The van der Waals surface area contributed by atoms with E-state index >= 15 is 0 Å². The first kappa shape index (κ1) is 15.9. The Hall–Kier alpha value is -1.46. The van der Waals surface area contributed by atoms with Gasteiger partial charge in [0.25, 0.3) is 0 Å². The van der Waals surface area contributed by atoms with E-state index < -0.39 is 6.61 Å². The molecule has 114 valence electrons. The van der Waals surface area contributed by atoms with Gasteiger partial charge >= 0.3 is 6.61 Å². The predicted octanol–water partition coefficient (Wildman–Crippen LogP) is 4.70. The Labute approximate surface area is 127 Å². The molecule has 0 aliphatic rings. The average Bonchev–Trinajstić information content (AvgIpc) is 2.86. The summed E-state index contributed by atoms with van der Waals surface area (Å²) in [5, 5.41) is 0. The minimum Gasteiger partial charge on any atom is -0.435 e. The monoisotopic (exact) mass is 311 g/mol. The van der Waals surface area contributed by atoms with Crippen molar-refractivity contribution >= 4 is 11.3 Å². The molecule has 5 heteroatoms. The first-order valence-corrected chi connectivity index (χ1v) is 7.49. The summed E-state index contributed by atoms with van der Waals surface area (Å²) in [6.45, 7) is 3.60. The second-order valence-electron chi connectivity index (χ2n) is 5.88. The van der Waals surface area contributed by atoms with E-state index in [0.717, 1.165) is 10.4 Å². The van der Waals surface area contributed by atoms with Gasteiger partial charge in [-0.2, -0.15) is 8.78 Å². The second kappa shape index (κ2) is 6.12. The van der Waals surface area contributed by atoms with Crippen molar-refractivity contribution in [3.63, 3.8) is 0 Å². The van der Waals surface area contributed by atoms with E-state index in [-0.39, 0.29) is 17.2 Å². The van der Waals surface area contributed by atoms with Crippen LogP contribution in [0.3, 0.4) is 0 Å². The molecule has 2 nitrogen and oxygen atoms in total. The fraction of sp³-hybridized carbons (Fsp3) is 0.375. The molecule has 2 N–H and O–H groups in total. The fourth-order valence-corrected chi connectivity index (χ4v) is 3.07. The van der Waals surface area contributed by atoms with Crippen LogP contribution in [0.15, 0.2) is 36.4 Å². The lowest BCUT2D eigenvalue weighted by Gasteiger charge is -2.16. The normalized spacial score (nSPS) is 13.5. The van der Waals surface area contributed by atoms with E-state index in [0.29, 0.717) is 0 Å². The molecule has 0 fully saturated rings. The Morgan fingerprint density at radius 1 is 1.14 bits per heavy atom. The highest BCUT2D eigenvalue weighted by molar-refractivity contribution is 7.12. The standard InChI is InChI=1S/C16H19F2NOS/c1-16(2,3)13-8-7-12(21-13)14(19)10-5-4-6-11(9-10)20-15(17)18/h4-9,14-15H,19H2,1-3H3. The van der Waals surface area contributed by atoms with Crippen LogP contribution in [-0.4, -0.2) is 6.61 Å². The molecule has 1 atom stereocenters. The van der Waals surface area contributed by atoms with Crippen LogP contribution in [0, 0.1) is 0 Å². The van der Waals surface area contributed by atoms with Gasteiger partial charge in [0.15, 0.2) is 0 Å². The van der Waals surface area contributed by atoms with E-state index in [2.05, 4.69) is 31.6 Å². The summed E-state index contributed by atoms with van der Waals surface area (Å²) < 4.78 is 28.9. The third kappa shape index (κ3) is 4.02. The highest BCUT2D eigenvalue weighted by Crippen LogP contribution is 2.34. The summed E-state index contributed by atoms with van der Waals surface area (Å²) in [6, 6.07) is 10.3. The van der Waals surface area contributed by atoms with Crippen molar-refractivity contribution in [3.8, 4) is 5.75 Å². The Morgan fingerprint density at radius 3 is 2.43 bits per heavy atom. The van der Waals surface area contributed by atoms with Crippen molar-refractivity contribution in [1.29, 1.82) is 0 Å². The number of hydrogen-bond donors (Lipinski definition) is 1. The number of hydrogen-bond acceptors (Lipinski definition) is 3. The van der Waals surface area contributed by atoms with Gasteiger partial charge in [0.05, 0.1) is 6.04 Å². The van der Waals surface area contributed by atoms with Gasteiger partial charge in [-0.15, -0.1) is 11.3 Å². The van der Waals surface area contributed by atoms with Gasteiger partial charge in [-0.3, -0.25) is 0 Å². The Bertz CT molecular complexity index is 604. The third-order valence-corrected chi connectivity index (χ3v) is 4.71. The van der Waals surface area contributed by atoms with Crippen molar-refractivity contribution in [2.24, 2.45) is 5.73 Å². The molecular formula is C16H19F2NOS. The molecule has 0 spiro atoms. The van der Waals surface area contributed by atoms with Crippen LogP contribution in [0.2, 0.25) is 0 Å². The zero-order valence-electron chi connectivity index (χ0n) is 12.3. The van der Waals surface area contributed by atoms with Gasteiger partial charge in [0.1, 0.15) is 5.75 Å². The molecule has 0 bridgehead atoms. The van der Waals surface area contributed by atoms with E-state index in [1.807, 2.05) is 12.1 Å². The molecule has 1 aromatic heterocycles. The van der Waals surface area contributed by atoms with Crippen LogP contribution in [0.5, 0.6) is 5.75 Å². The van der Waals surface area contributed by atoms with Crippen molar-refractivity contribution in [3.05, 3.63) is 51.7 Å². The molecule has 0 saturated carbocycles. The van der Waals surface area contributed by atoms with Crippen LogP contribution < -0.4 is 10.5 Å². The molecule has 0 aliphatic heterocycles. The Kier molecular flexibility index (Phi) is 4.64. The molecule has 21 heavy (non-hydrogen) atoms. The highest BCUT2D eigenvalue weighted by Gasteiger charge is 2.19. The maximum Gasteiger partial charge on any atom is 0.387 e. The Morgan fingerprint density at radius 2 is 1.86 bits per heavy atom. The molecule has 0 radical (unpaired) electrons. The predicted molar refractivity (Wildman–Crippen MR) is 82.1 cm³/mol. The number of nitrogens with two attached hydrogens (primary N) is 1. The van der Waals surface area contributed by atoms with Crippen LogP contribution >= 0.6 is 11.3 Å². The molecule has 2 aromatic rings. The second-order valence-corrected chi connectivity index (χ2v) is 7.00. The topological polar surface area (TPSA) is 35.2 Å². The van der Waals surface area contributed by atoms with Crippen LogP contribution in [-0.2, 0) is 5.41 Å². The maximum atomic E-state index is 12.3. The summed E-state index contributed by atoms with van der Waals surface area (Å²) >= 11 is 1.65. The quantitative estimate of drug-likeness (QED) is 0.888. The minimum atomic E-state index is -2.83. The molecule has 0 aliphatic carbocycles. The molecular weight excluding hydrogens is 292 g/mol. The number of benzene rings is 1. The van der Waals surface area contributed by atoms with E-state index in [1.54, 1.807) is 23.5 Å². The summed E-state index contributed by atoms with van der Waals surface area (Å²) in [4.78, 5) is 2.25. The van der Waals surface area contributed by atoms with E-state index in [1.165, 1.54) is 10.9 Å². The van der Waals surface area contributed by atoms with Gasteiger partial charge in [-0.25, -0.2) is 0 Å². The fourth-order valence-electron chi connectivity index (χ4n) is 1.97. The van der Waals surface area contributed by atoms with Crippen LogP contribution in [0.4, 0.5) is 8.78 Å². The Balaban J connectivity index is 2.23. The summed E-state index contributed by atoms with van der Waals surface area (Å²) in [6.07, 6.45) is 0. The van der Waals surface area contributed by atoms with Gasteiger partial charge < -0.3 is 10.5 Å². The molecule has 1 heterocycles. The van der Waals surface area contributed by atoms with E-state index in [9.17, 15) is 8.78 Å². The van der Waals surface area contributed by atoms with Crippen molar-refractivity contribution < 1.29 is 13.5 Å². The van der Waals surface area contributed by atoms with Gasteiger partial charge in [0.2, 0.25) is 0 Å². The van der Waals surface area contributed by atoms with Crippen molar-refractivity contribution in [2.45, 2.75) is 38.8 Å². The summed E-state index contributed by atoms with van der Waals surface area (Å²) in [7, 11) is 0. The minimum absolute atomic E-state index is 0.0727. The summed E-state index contributed by atoms with van der Waals surface area (Å²) in [5.41, 5.74) is 7.07. The largest absolute Gasteiger partial charge is 0.435 e. The third-order valence-electron chi connectivity index (χ3n) is 3.11. The van der Waals surface area contributed by atoms with Gasteiger partial charge in [-0.05, 0) is 35.2 Å². The lowest BCUT2D eigenvalue weighted by molar-refractivity contribution is -0.0498. The lowest BCUT2D eigenvalue weighted by atomic mass is 9.95. The number of alkyl halides is 2. The van der Waals surface area contributed by atoms with Crippen LogP contribution in [0.1, 0.15) is 42.1 Å². The number of halogens is 2. The lowest BCUT2D eigenvalue weighted by Crippen LogP contribution is -2.11. The molecule has 0 amide bonds.